The summed E-state index contributed by atoms with van der Waals surface area (Å²) >= 11 is 0. The van der Waals surface area contributed by atoms with Crippen LogP contribution in [-0.2, 0) is 25.1 Å². The molecule has 0 saturated carbocycles. The monoisotopic (exact) mass is 283 g/mol. The maximum Gasteiger partial charge on any atom is 0.318 e. The number of hydrogen-bond acceptors (Lipinski definition) is 4. The predicted molar refractivity (Wildman–Crippen MR) is 74.4 cm³/mol. The standard InChI is InChI=1S/C13H17NO4S/c1-3-18-13(16)10-19(17)9-12(15)14(2)11-7-5-4-6-8-11/h4-8H,3,9-10H2,1-2H3. The highest BCUT2D eigenvalue weighted by molar-refractivity contribution is 7.86. The Bertz CT molecular complexity index is 461. The lowest BCUT2D eigenvalue weighted by atomic mass is 10.3. The average Bonchev–Trinajstić information content (AvgIpc) is 2.38. The fourth-order valence-electron chi connectivity index (χ4n) is 1.42. The first-order chi connectivity index (χ1) is 9.04. The number of nitrogens with zero attached hydrogens (tertiary/aromatic N) is 1. The third-order valence-corrected chi connectivity index (χ3v) is 3.51. The minimum atomic E-state index is -1.54. The van der Waals surface area contributed by atoms with E-state index in [9.17, 15) is 13.8 Å². The maximum absolute atomic E-state index is 11.9. The zero-order valence-electron chi connectivity index (χ0n) is 11.0. The zero-order valence-corrected chi connectivity index (χ0v) is 11.8. The van der Waals surface area contributed by atoms with E-state index < -0.39 is 16.8 Å². The molecule has 1 unspecified atom stereocenters. The van der Waals surface area contributed by atoms with Gasteiger partial charge in [-0.2, -0.15) is 0 Å². The lowest BCUT2D eigenvalue weighted by Gasteiger charge is -2.16. The van der Waals surface area contributed by atoms with Gasteiger partial charge in [0.1, 0.15) is 11.5 Å². The summed E-state index contributed by atoms with van der Waals surface area (Å²) in [6, 6.07) is 9.04. The molecule has 19 heavy (non-hydrogen) atoms. The van der Waals surface area contributed by atoms with Crippen molar-refractivity contribution in [2.75, 3.05) is 30.1 Å². The second kappa shape index (κ2) is 7.68. The first-order valence-corrected chi connectivity index (χ1v) is 7.35. The van der Waals surface area contributed by atoms with Gasteiger partial charge in [0.25, 0.3) is 0 Å². The lowest BCUT2D eigenvalue weighted by Crippen LogP contribution is -2.32. The second-order valence-corrected chi connectivity index (χ2v) is 5.28. The molecule has 1 aromatic carbocycles. The molecular weight excluding hydrogens is 266 g/mol. The Balaban J connectivity index is 2.51. The minimum Gasteiger partial charge on any atom is -0.465 e. The Hall–Kier alpha value is -1.69. The average molecular weight is 283 g/mol. The van der Waals surface area contributed by atoms with Gasteiger partial charge < -0.3 is 9.64 Å². The van der Waals surface area contributed by atoms with Crippen molar-refractivity contribution in [3.8, 4) is 0 Å². The van der Waals surface area contributed by atoms with Gasteiger partial charge in [-0.15, -0.1) is 0 Å². The number of benzene rings is 1. The molecule has 0 aliphatic rings. The van der Waals surface area contributed by atoms with Gasteiger partial charge >= 0.3 is 5.97 Å². The highest BCUT2D eigenvalue weighted by Crippen LogP contribution is 2.11. The smallest absolute Gasteiger partial charge is 0.318 e. The molecule has 0 heterocycles. The fourth-order valence-corrected chi connectivity index (χ4v) is 2.33. The van der Waals surface area contributed by atoms with Gasteiger partial charge in [-0.1, -0.05) is 18.2 Å². The largest absolute Gasteiger partial charge is 0.465 e. The SMILES string of the molecule is CCOC(=O)CS(=O)CC(=O)N(C)c1ccccc1. The van der Waals surface area contributed by atoms with Crippen molar-refractivity contribution in [2.45, 2.75) is 6.92 Å². The van der Waals surface area contributed by atoms with Gasteiger partial charge in [0.15, 0.2) is 0 Å². The first-order valence-electron chi connectivity index (χ1n) is 5.86. The van der Waals surface area contributed by atoms with Crippen LogP contribution in [0.25, 0.3) is 0 Å². The predicted octanol–water partition coefficient (Wildman–Crippen LogP) is 0.961. The molecule has 0 saturated heterocycles. The van der Waals surface area contributed by atoms with E-state index in [2.05, 4.69) is 4.74 Å². The van der Waals surface area contributed by atoms with Crippen molar-refractivity contribution >= 4 is 28.4 Å². The Morgan fingerprint density at radius 2 is 1.84 bits per heavy atom. The topological polar surface area (TPSA) is 63.7 Å². The van der Waals surface area contributed by atoms with Gasteiger partial charge in [0.05, 0.1) is 6.61 Å². The number of rotatable bonds is 6. The van der Waals surface area contributed by atoms with Crippen molar-refractivity contribution < 1.29 is 18.5 Å². The van der Waals surface area contributed by atoms with Crippen LogP contribution in [0.3, 0.4) is 0 Å². The highest BCUT2D eigenvalue weighted by Gasteiger charge is 2.16. The maximum atomic E-state index is 11.9. The summed E-state index contributed by atoms with van der Waals surface area (Å²) in [5.41, 5.74) is 0.723. The number of para-hydroxylation sites is 1. The number of hydrogen-bond donors (Lipinski definition) is 0. The summed E-state index contributed by atoms with van der Waals surface area (Å²) in [5, 5.41) is 0. The molecule has 6 heteroatoms. The summed E-state index contributed by atoms with van der Waals surface area (Å²) < 4.78 is 16.3. The van der Waals surface area contributed by atoms with Gasteiger partial charge in [0, 0.05) is 23.5 Å². The number of carbonyl (C=O) groups excluding carboxylic acids is 2. The van der Waals surface area contributed by atoms with Gasteiger partial charge in [-0.3, -0.25) is 13.8 Å². The molecular formula is C13H17NO4S. The van der Waals surface area contributed by atoms with Gasteiger partial charge in [0.2, 0.25) is 5.91 Å². The second-order valence-electron chi connectivity index (χ2n) is 3.82. The van der Waals surface area contributed by atoms with E-state index in [1.165, 1.54) is 4.90 Å². The Kier molecular flexibility index (Phi) is 6.21. The van der Waals surface area contributed by atoms with Crippen LogP contribution in [0.1, 0.15) is 6.92 Å². The van der Waals surface area contributed by atoms with Crippen LogP contribution in [0, 0.1) is 0 Å². The van der Waals surface area contributed by atoms with Crippen LogP contribution in [-0.4, -0.2) is 41.2 Å². The number of amides is 1. The lowest BCUT2D eigenvalue weighted by molar-refractivity contribution is -0.139. The van der Waals surface area contributed by atoms with Crippen molar-refractivity contribution in [2.24, 2.45) is 0 Å². The first kappa shape index (κ1) is 15.4. The van der Waals surface area contributed by atoms with Crippen LogP contribution in [0.15, 0.2) is 30.3 Å². The van der Waals surface area contributed by atoms with E-state index >= 15 is 0 Å². The summed E-state index contributed by atoms with van der Waals surface area (Å²) in [5.74, 6) is -1.28. The van der Waals surface area contributed by atoms with E-state index in [1.54, 1.807) is 26.1 Å². The van der Waals surface area contributed by atoms with E-state index in [4.69, 9.17) is 0 Å². The Morgan fingerprint density at radius 3 is 2.42 bits per heavy atom. The van der Waals surface area contributed by atoms with Crippen LogP contribution in [0.4, 0.5) is 5.69 Å². The van der Waals surface area contributed by atoms with Crippen molar-refractivity contribution in [1.82, 2.24) is 0 Å². The molecule has 1 aromatic rings. The van der Waals surface area contributed by atoms with Crippen molar-refractivity contribution in [3.05, 3.63) is 30.3 Å². The van der Waals surface area contributed by atoms with E-state index in [0.717, 1.165) is 5.69 Å². The number of esters is 1. The fraction of sp³-hybridized carbons (Fsp3) is 0.385. The van der Waals surface area contributed by atoms with Crippen LogP contribution in [0.5, 0.6) is 0 Å². The number of ether oxygens (including phenoxy) is 1. The summed E-state index contributed by atoms with van der Waals surface area (Å²) in [4.78, 5) is 24.4. The number of anilines is 1. The van der Waals surface area contributed by atoms with E-state index in [-0.39, 0.29) is 24.0 Å². The summed E-state index contributed by atoms with van der Waals surface area (Å²) in [7, 11) is 0.0686. The molecule has 0 N–H and O–H groups in total. The molecule has 0 aromatic heterocycles. The van der Waals surface area contributed by atoms with Gasteiger partial charge in [-0.05, 0) is 19.1 Å². The van der Waals surface area contributed by atoms with Crippen LogP contribution < -0.4 is 4.90 Å². The van der Waals surface area contributed by atoms with E-state index in [1.807, 2.05) is 18.2 Å². The Morgan fingerprint density at radius 1 is 1.21 bits per heavy atom. The number of carbonyl (C=O) groups is 2. The van der Waals surface area contributed by atoms with Crippen molar-refractivity contribution in [1.29, 1.82) is 0 Å². The van der Waals surface area contributed by atoms with Crippen LogP contribution in [0.2, 0.25) is 0 Å². The summed E-state index contributed by atoms with van der Waals surface area (Å²) in [6.07, 6.45) is 0. The summed E-state index contributed by atoms with van der Waals surface area (Å²) in [6.45, 7) is 1.92. The molecule has 0 aliphatic carbocycles. The molecule has 0 radical (unpaired) electrons. The molecule has 5 nitrogen and oxygen atoms in total. The molecule has 0 spiro atoms. The minimum absolute atomic E-state index is 0.190. The van der Waals surface area contributed by atoms with E-state index in [0.29, 0.717) is 0 Å². The molecule has 1 amide bonds. The third-order valence-electron chi connectivity index (χ3n) is 2.39. The molecule has 1 atom stereocenters. The molecule has 0 bridgehead atoms. The quantitative estimate of drug-likeness (QED) is 0.730. The van der Waals surface area contributed by atoms with Crippen LogP contribution >= 0.6 is 0 Å². The van der Waals surface area contributed by atoms with Gasteiger partial charge in [-0.25, -0.2) is 0 Å². The third kappa shape index (κ3) is 5.21. The highest BCUT2D eigenvalue weighted by atomic mass is 32.2. The molecule has 104 valence electrons. The molecule has 0 fully saturated rings. The molecule has 1 rings (SSSR count). The molecule has 0 aliphatic heterocycles. The zero-order chi connectivity index (χ0) is 14.3. The van der Waals surface area contributed by atoms with Crippen molar-refractivity contribution in [3.63, 3.8) is 0 Å². The Labute approximate surface area is 115 Å². The normalized spacial score (nSPS) is 11.7.